The summed E-state index contributed by atoms with van der Waals surface area (Å²) in [6.07, 6.45) is 6.90. The molecule has 15 rings (SSSR count). The van der Waals surface area contributed by atoms with Crippen molar-refractivity contribution in [2.75, 3.05) is 0 Å². The summed E-state index contributed by atoms with van der Waals surface area (Å²) in [5, 5.41) is 11.5. The molecule has 1 nitrogen and oxygen atoms in total. The average molecular weight is 938 g/mol. The summed E-state index contributed by atoms with van der Waals surface area (Å²) < 4.78 is 6.55. The number of hydrogen-bond donors (Lipinski definition) is 0. The highest BCUT2D eigenvalue weighted by Crippen LogP contribution is 2.47. The topological polar surface area (TPSA) is 4.93 Å². The highest BCUT2D eigenvalue weighted by molar-refractivity contribution is 7.26. The summed E-state index contributed by atoms with van der Waals surface area (Å²) in [6.45, 7) is 0. The maximum absolute atomic E-state index is 2.51. The lowest BCUT2D eigenvalue weighted by atomic mass is 9.85. The fourth-order valence-corrected chi connectivity index (χ4v) is 14.4. The molecule has 0 saturated carbocycles. The monoisotopic (exact) mass is 937 g/mol. The van der Waals surface area contributed by atoms with Crippen LogP contribution in [0.25, 0.3) is 141 Å². The second-order valence-corrected chi connectivity index (χ2v) is 21.1. The van der Waals surface area contributed by atoms with Crippen molar-refractivity contribution in [3.63, 3.8) is 0 Å². The fraction of sp³-hybridized carbons (Fsp3) is 0.0294. The quantitative estimate of drug-likeness (QED) is 0.146. The van der Waals surface area contributed by atoms with Crippen LogP contribution in [0, 0.1) is 0 Å². The average Bonchev–Trinajstić information content (AvgIpc) is 4.12. The molecule has 0 spiro atoms. The highest BCUT2D eigenvalue weighted by Gasteiger charge is 2.21. The maximum Gasteiger partial charge on any atom is 0.0547 e. The molecule has 11 aromatic carbocycles. The molecule has 1 aliphatic rings. The van der Waals surface area contributed by atoms with E-state index in [0.29, 0.717) is 0 Å². The Morgan fingerprint density at radius 1 is 0.338 bits per heavy atom. The Morgan fingerprint density at radius 2 is 0.859 bits per heavy atom. The molecule has 71 heavy (non-hydrogen) atoms. The zero-order valence-corrected chi connectivity index (χ0v) is 40.3. The normalized spacial score (nSPS) is 12.6. The molecule has 0 atom stereocenters. The van der Waals surface area contributed by atoms with Crippen LogP contribution < -0.4 is 0 Å². The van der Waals surface area contributed by atoms with E-state index >= 15 is 0 Å². The predicted octanol–water partition coefficient (Wildman–Crippen LogP) is 20.0. The summed E-state index contributed by atoms with van der Waals surface area (Å²) in [5.74, 6) is 0. The van der Waals surface area contributed by atoms with Crippen molar-refractivity contribution >= 4 is 102 Å². The van der Waals surface area contributed by atoms with Gasteiger partial charge in [0.1, 0.15) is 0 Å². The molecule has 3 aromatic heterocycles. The van der Waals surface area contributed by atoms with Gasteiger partial charge in [-0.05, 0) is 132 Å². The molecule has 0 saturated heterocycles. The first-order chi connectivity index (χ1) is 35.2. The zero-order valence-electron chi connectivity index (χ0n) is 38.7. The van der Waals surface area contributed by atoms with E-state index < -0.39 is 0 Å². The van der Waals surface area contributed by atoms with Gasteiger partial charge in [0.05, 0.1) is 11.0 Å². The van der Waals surface area contributed by atoms with E-state index in [1.807, 2.05) is 22.7 Å². The first kappa shape index (κ1) is 40.5. The third-order valence-corrected chi connectivity index (χ3v) is 17.6. The number of aromatic nitrogens is 1. The molecular weight excluding hydrogens is 895 g/mol. The first-order valence-corrected chi connectivity index (χ1v) is 26.3. The number of nitrogens with zero attached hydrogens (tertiary/aromatic N) is 1. The Labute approximate surface area is 419 Å². The van der Waals surface area contributed by atoms with Crippen LogP contribution in [0.1, 0.15) is 16.9 Å². The maximum atomic E-state index is 2.51. The van der Waals surface area contributed by atoms with Crippen LogP contribution in [0.4, 0.5) is 0 Å². The summed E-state index contributed by atoms with van der Waals surface area (Å²) in [5.41, 5.74) is 17.4. The van der Waals surface area contributed by atoms with E-state index in [2.05, 4.69) is 241 Å². The van der Waals surface area contributed by atoms with E-state index in [1.165, 1.54) is 140 Å². The Balaban J connectivity index is 0.929. The molecule has 0 aliphatic heterocycles. The van der Waals surface area contributed by atoms with Crippen LogP contribution in [-0.4, -0.2) is 4.57 Å². The van der Waals surface area contributed by atoms with Gasteiger partial charge in [-0.25, -0.2) is 0 Å². The third kappa shape index (κ3) is 6.37. The van der Waals surface area contributed by atoms with Crippen molar-refractivity contribution in [3.05, 3.63) is 241 Å². The summed E-state index contributed by atoms with van der Waals surface area (Å²) in [6, 6.07) is 83.9. The summed E-state index contributed by atoms with van der Waals surface area (Å²) in [4.78, 5) is 1.50. The van der Waals surface area contributed by atoms with Gasteiger partial charge in [0.15, 0.2) is 0 Å². The van der Waals surface area contributed by atoms with Gasteiger partial charge in [0.2, 0.25) is 0 Å². The number of aryl methyl sites for hydroxylation is 1. The molecule has 3 heteroatoms. The Hall–Kier alpha value is -8.34. The van der Waals surface area contributed by atoms with E-state index in [0.717, 1.165) is 18.5 Å². The molecule has 3 heterocycles. The lowest BCUT2D eigenvalue weighted by Gasteiger charge is -2.19. The lowest BCUT2D eigenvalue weighted by molar-refractivity contribution is 1.02. The van der Waals surface area contributed by atoms with E-state index in [4.69, 9.17) is 0 Å². The van der Waals surface area contributed by atoms with E-state index in [1.54, 1.807) is 0 Å². The van der Waals surface area contributed by atoms with Gasteiger partial charge in [-0.2, -0.15) is 0 Å². The highest BCUT2D eigenvalue weighted by atomic mass is 32.1. The van der Waals surface area contributed by atoms with Crippen LogP contribution in [0.15, 0.2) is 231 Å². The number of thiophene rings is 2. The van der Waals surface area contributed by atoms with Crippen LogP contribution in [0.2, 0.25) is 0 Å². The molecule has 0 radical (unpaired) electrons. The molecule has 0 bridgehead atoms. The number of allylic oxidation sites excluding steroid dienone is 1. The van der Waals surface area contributed by atoms with Crippen LogP contribution in [-0.2, 0) is 6.42 Å². The minimum Gasteiger partial charge on any atom is -0.309 e. The van der Waals surface area contributed by atoms with Crippen molar-refractivity contribution < 1.29 is 0 Å². The van der Waals surface area contributed by atoms with Crippen molar-refractivity contribution in [1.29, 1.82) is 0 Å². The minimum atomic E-state index is 1.11. The zero-order chi connectivity index (χ0) is 46.6. The third-order valence-electron chi connectivity index (χ3n) is 15.1. The van der Waals surface area contributed by atoms with Crippen molar-refractivity contribution in [2.45, 2.75) is 12.8 Å². The molecule has 0 unspecified atom stereocenters. The van der Waals surface area contributed by atoms with Gasteiger partial charge in [-0.1, -0.05) is 200 Å². The largest absolute Gasteiger partial charge is 0.309 e. The Morgan fingerprint density at radius 3 is 1.54 bits per heavy atom. The van der Waals surface area contributed by atoms with E-state index in [-0.39, 0.29) is 0 Å². The van der Waals surface area contributed by atoms with Crippen LogP contribution in [0.3, 0.4) is 0 Å². The fourth-order valence-electron chi connectivity index (χ4n) is 11.8. The van der Waals surface area contributed by atoms with Crippen molar-refractivity contribution in [3.8, 4) is 61.3 Å². The molecule has 0 fully saturated rings. The summed E-state index contributed by atoms with van der Waals surface area (Å²) >= 11 is 3.87. The van der Waals surface area contributed by atoms with E-state index in [9.17, 15) is 0 Å². The summed E-state index contributed by atoms with van der Waals surface area (Å²) in [7, 11) is 0. The Kier molecular flexibility index (Phi) is 9.20. The van der Waals surface area contributed by atoms with Crippen molar-refractivity contribution in [1.82, 2.24) is 4.57 Å². The molecule has 1 aliphatic carbocycles. The van der Waals surface area contributed by atoms with Gasteiger partial charge in [-0.15, -0.1) is 22.7 Å². The molecule has 0 amide bonds. The van der Waals surface area contributed by atoms with Crippen LogP contribution >= 0.6 is 22.7 Å². The van der Waals surface area contributed by atoms with Gasteiger partial charge >= 0.3 is 0 Å². The molecular formula is C68H43NS2. The SMILES string of the molecule is C1=Cc2c(sc3c(-c4ccc5c6ccc(-c7cccc8c7sc7ccccc78)cc6n(-c6ccc(-c7ccc8c(-c9ccccc9)c9ccccc9c(-c9ccccc9)c8c7)cc6)c5c4)cccc23)CC1. The van der Waals surface area contributed by atoms with Gasteiger partial charge in [0, 0.05) is 51.6 Å². The van der Waals surface area contributed by atoms with Gasteiger partial charge in [-0.3, -0.25) is 0 Å². The minimum absolute atomic E-state index is 1.11. The number of rotatable bonds is 6. The van der Waals surface area contributed by atoms with Crippen LogP contribution in [0.5, 0.6) is 0 Å². The number of benzene rings is 11. The first-order valence-electron chi connectivity index (χ1n) is 24.6. The van der Waals surface area contributed by atoms with Gasteiger partial charge < -0.3 is 4.57 Å². The van der Waals surface area contributed by atoms with Gasteiger partial charge in [0.25, 0.3) is 0 Å². The lowest BCUT2D eigenvalue weighted by Crippen LogP contribution is -1.95. The number of hydrogen-bond acceptors (Lipinski definition) is 2. The standard InChI is InChI=1S/C68H43NS2/c1-3-15-43(16-4-1)65-55-21-7-8-22-56(55)66(44-17-5-2-6-18-44)60-39-45(31-38-57(60)65)42-29-34-48(35-30-42)69-61-40-46(49-23-13-25-58-53-19-9-11-27-63(53)70-67(49)58)32-36-51(61)52-37-33-47(41-62(52)69)50-24-14-26-59-54-20-10-12-28-64(54)71-68(50)59/h1-11,13-27,29-41H,12,28H2. The van der Waals surface area contributed by atoms with Crippen molar-refractivity contribution in [2.24, 2.45) is 0 Å². The predicted molar refractivity (Wildman–Crippen MR) is 309 cm³/mol. The Bertz CT molecular complexity index is 4490. The number of fused-ring (bicyclic) bond motifs is 11. The molecule has 14 aromatic rings. The second kappa shape index (κ2) is 16.1. The molecule has 0 N–H and O–H groups in total. The molecule has 332 valence electrons. The second-order valence-electron chi connectivity index (χ2n) is 19.0. The smallest absolute Gasteiger partial charge is 0.0547 e.